The summed E-state index contributed by atoms with van der Waals surface area (Å²) in [5.74, 6) is 0.479. The van der Waals surface area contributed by atoms with Crippen molar-refractivity contribution in [1.29, 1.82) is 0 Å². The van der Waals surface area contributed by atoms with Gasteiger partial charge in [-0.05, 0) is 81.0 Å². The Morgan fingerprint density at radius 3 is 1.69 bits per heavy atom. The molecule has 0 radical (unpaired) electrons. The van der Waals surface area contributed by atoms with E-state index in [1.807, 2.05) is 0 Å². The molecule has 0 atom stereocenters. The minimum atomic E-state index is -0.435. The monoisotopic (exact) mass is 488 g/mol. The minimum absolute atomic E-state index is 0.0614. The lowest BCUT2D eigenvalue weighted by Gasteiger charge is -2.58. The van der Waals surface area contributed by atoms with Gasteiger partial charge in [0.15, 0.2) is 0 Å². The van der Waals surface area contributed by atoms with Crippen molar-refractivity contribution < 1.29 is 9.90 Å². The zero-order chi connectivity index (χ0) is 25.0. The summed E-state index contributed by atoms with van der Waals surface area (Å²) in [6.07, 6.45) is 33.7. The third-order valence-electron chi connectivity index (χ3n) is 11.3. The van der Waals surface area contributed by atoms with E-state index in [4.69, 9.17) is 0 Å². The predicted octanol–water partition coefficient (Wildman–Crippen LogP) is 10.9. The summed E-state index contributed by atoms with van der Waals surface area (Å²) in [4.78, 5) is 13.1. The van der Waals surface area contributed by atoms with Crippen molar-refractivity contribution in [3.05, 3.63) is 0 Å². The summed E-state index contributed by atoms with van der Waals surface area (Å²) in [7, 11) is 0. The van der Waals surface area contributed by atoms with Gasteiger partial charge in [-0.1, -0.05) is 117 Å². The highest BCUT2D eigenvalue weighted by molar-refractivity contribution is 5.76. The number of hydrogen-bond donors (Lipinski definition) is 1. The third kappa shape index (κ3) is 7.07. The van der Waals surface area contributed by atoms with Gasteiger partial charge in [0.05, 0.1) is 5.41 Å². The van der Waals surface area contributed by atoms with Gasteiger partial charge in [0.2, 0.25) is 0 Å². The molecule has 0 heterocycles. The lowest BCUT2D eigenvalue weighted by atomic mass is 9.46. The zero-order valence-electron chi connectivity index (χ0n) is 23.8. The van der Waals surface area contributed by atoms with Gasteiger partial charge in [-0.15, -0.1) is 0 Å². The van der Waals surface area contributed by atoms with E-state index in [0.717, 1.165) is 31.6 Å². The molecule has 3 rings (SSSR count). The van der Waals surface area contributed by atoms with E-state index < -0.39 is 11.4 Å². The van der Waals surface area contributed by atoms with Crippen LogP contribution in [0.25, 0.3) is 0 Å². The maximum Gasteiger partial charge on any atom is 0.310 e. The summed E-state index contributed by atoms with van der Waals surface area (Å²) in [6.45, 7) is 4.60. The fourth-order valence-corrected chi connectivity index (χ4v) is 9.05. The molecule has 0 aromatic heterocycles. The van der Waals surface area contributed by atoms with Gasteiger partial charge in [-0.25, -0.2) is 0 Å². The SMILES string of the molecule is CCCCCCCC1(C2CCCCC2)CCC(CCCCCCC)(C2(C(=O)O)CCCCC2)CC1. The van der Waals surface area contributed by atoms with Crippen LogP contribution in [0.4, 0.5) is 0 Å². The molecular weight excluding hydrogens is 428 g/mol. The van der Waals surface area contributed by atoms with Gasteiger partial charge in [0.25, 0.3) is 0 Å². The Bertz CT molecular complexity index is 588. The molecule has 0 spiro atoms. The molecule has 1 N–H and O–H groups in total. The largest absolute Gasteiger partial charge is 0.481 e. The number of carboxylic acids is 1. The Morgan fingerprint density at radius 1 is 0.629 bits per heavy atom. The fourth-order valence-electron chi connectivity index (χ4n) is 9.05. The standard InChI is InChI=1S/C33H60O2/c1-3-5-7-9-15-21-31(29-19-13-11-14-20-29)25-27-32(28-26-31,22-16-10-8-6-4-2)33(30(34)35)23-17-12-18-24-33/h29H,3-28H2,1-2H3,(H,34,35). The number of aliphatic carboxylic acids is 1. The van der Waals surface area contributed by atoms with Gasteiger partial charge >= 0.3 is 5.97 Å². The second-order valence-electron chi connectivity index (χ2n) is 13.3. The number of rotatable bonds is 15. The summed E-state index contributed by atoms with van der Waals surface area (Å²) in [5.41, 5.74) is 0.147. The molecule has 0 unspecified atom stereocenters. The maximum atomic E-state index is 13.1. The van der Waals surface area contributed by atoms with E-state index >= 15 is 0 Å². The highest BCUT2D eigenvalue weighted by atomic mass is 16.4. The molecule has 3 fully saturated rings. The lowest BCUT2D eigenvalue weighted by molar-refractivity contribution is -0.171. The fraction of sp³-hybridized carbons (Fsp3) is 0.970. The Morgan fingerprint density at radius 2 is 1.14 bits per heavy atom. The molecule has 204 valence electrons. The van der Waals surface area contributed by atoms with Crippen molar-refractivity contribution in [1.82, 2.24) is 0 Å². The Balaban J connectivity index is 1.77. The highest BCUT2D eigenvalue weighted by Gasteiger charge is 2.59. The first-order valence-electron chi connectivity index (χ1n) is 16.3. The van der Waals surface area contributed by atoms with Gasteiger partial charge < -0.3 is 5.11 Å². The van der Waals surface area contributed by atoms with Crippen LogP contribution in [0.15, 0.2) is 0 Å². The quantitative estimate of drug-likeness (QED) is 0.233. The van der Waals surface area contributed by atoms with Crippen LogP contribution in [-0.2, 0) is 4.79 Å². The van der Waals surface area contributed by atoms with Crippen molar-refractivity contribution >= 4 is 5.97 Å². The van der Waals surface area contributed by atoms with Gasteiger partial charge in [-0.2, -0.15) is 0 Å². The molecule has 3 aliphatic rings. The van der Waals surface area contributed by atoms with Crippen LogP contribution in [-0.4, -0.2) is 11.1 Å². The second kappa shape index (κ2) is 14.4. The van der Waals surface area contributed by atoms with Crippen molar-refractivity contribution in [3.63, 3.8) is 0 Å². The molecule has 35 heavy (non-hydrogen) atoms. The first-order chi connectivity index (χ1) is 17.0. The van der Waals surface area contributed by atoms with Gasteiger partial charge in [0, 0.05) is 0 Å². The lowest BCUT2D eigenvalue weighted by Crippen LogP contribution is -2.53. The molecule has 0 aromatic carbocycles. The first kappa shape index (κ1) is 29.0. The Labute approximate surface area is 218 Å². The first-order valence-corrected chi connectivity index (χ1v) is 16.3. The van der Waals surface area contributed by atoms with Crippen LogP contribution in [0.3, 0.4) is 0 Å². The van der Waals surface area contributed by atoms with E-state index in [9.17, 15) is 9.90 Å². The number of hydrogen-bond acceptors (Lipinski definition) is 1. The van der Waals surface area contributed by atoms with E-state index in [2.05, 4.69) is 13.8 Å². The van der Waals surface area contributed by atoms with Crippen LogP contribution >= 0.6 is 0 Å². The van der Waals surface area contributed by atoms with Crippen LogP contribution in [0.1, 0.15) is 181 Å². The maximum absolute atomic E-state index is 13.1. The topological polar surface area (TPSA) is 37.3 Å². The van der Waals surface area contributed by atoms with Gasteiger partial charge in [0.1, 0.15) is 0 Å². The average Bonchev–Trinajstić information content (AvgIpc) is 2.90. The summed E-state index contributed by atoms with van der Waals surface area (Å²) in [6, 6.07) is 0. The van der Waals surface area contributed by atoms with Crippen molar-refractivity contribution in [2.24, 2.45) is 22.2 Å². The Kier molecular flexibility index (Phi) is 12.0. The van der Waals surface area contributed by atoms with Gasteiger partial charge in [-0.3, -0.25) is 4.79 Å². The molecule has 0 amide bonds. The van der Waals surface area contributed by atoms with Crippen LogP contribution in [0, 0.1) is 22.2 Å². The van der Waals surface area contributed by atoms with E-state index in [1.165, 1.54) is 141 Å². The predicted molar refractivity (Wildman–Crippen MR) is 150 cm³/mol. The minimum Gasteiger partial charge on any atom is -0.481 e. The third-order valence-corrected chi connectivity index (χ3v) is 11.3. The van der Waals surface area contributed by atoms with E-state index in [-0.39, 0.29) is 5.41 Å². The molecule has 0 bridgehead atoms. The second-order valence-corrected chi connectivity index (χ2v) is 13.3. The average molecular weight is 489 g/mol. The van der Waals surface area contributed by atoms with E-state index in [1.54, 1.807) is 0 Å². The van der Waals surface area contributed by atoms with Crippen molar-refractivity contribution in [3.8, 4) is 0 Å². The summed E-state index contributed by atoms with van der Waals surface area (Å²) >= 11 is 0. The highest BCUT2D eigenvalue weighted by Crippen LogP contribution is 2.64. The molecule has 0 aromatic rings. The van der Waals surface area contributed by atoms with Crippen LogP contribution < -0.4 is 0 Å². The summed E-state index contributed by atoms with van der Waals surface area (Å²) < 4.78 is 0. The van der Waals surface area contributed by atoms with Crippen molar-refractivity contribution in [2.75, 3.05) is 0 Å². The molecular formula is C33H60O2. The molecule has 0 saturated heterocycles. The van der Waals surface area contributed by atoms with Crippen LogP contribution in [0.5, 0.6) is 0 Å². The molecule has 3 saturated carbocycles. The Hall–Kier alpha value is -0.530. The normalized spacial score (nSPS) is 29.8. The van der Waals surface area contributed by atoms with Crippen LogP contribution in [0.2, 0.25) is 0 Å². The number of carbonyl (C=O) groups is 1. The molecule has 2 heteroatoms. The number of unbranched alkanes of at least 4 members (excludes halogenated alkanes) is 8. The summed E-state index contributed by atoms with van der Waals surface area (Å²) in [5, 5.41) is 10.7. The molecule has 3 aliphatic carbocycles. The van der Waals surface area contributed by atoms with E-state index in [0.29, 0.717) is 5.41 Å². The number of carboxylic acid groups (broad SMARTS) is 1. The molecule has 0 aliphatic heterocycles. The smallest absolute Gasteiger partial charge is 0.310 e. The zero-order valence-corrected chi connectivity index (χ0v) is 23.8. The molecule has 2 nitrogen and oxygen atoms in total. The van der Waals surface area contributed by atoms with Crippen molar-refractivity contribution in [2.45, 2.75) is 181 Å².